The molecule has 1 aliphatic heterocycles. The van der Waals surface area contributed by atoms with E-state index in [0.717, 1.165) is 31.6 Å². The number of carbonyl (C=O) groups is 1. The van der Waals surface area contributed by atoms with Gasteiger partial charge >= 0.3 is 5.97 Å². The highest BCUT2D eigenvalue weighted by atomic mass is 19.1. The second kappa shape index (κ2) is 6.02. The Kier molecular flexibility index (Phi) is 4.37. The van der Waals surface area contributed by atoms with Crippen LogP contribution in [0.15, 0.2) is 18.2 Å². The smallest absolute Gasteiger partial charge is 0.312 e. The Morgan fingerprint density at radius 1 is 1.37 bits per heavy atom. The monoisotopic (exact) mass is 266 g/mol. The standard InChI is InChI=1S/C14H19FN2O2/c15-10-4-5-13(17-6-2-1-3-7-17)11(8-10)12(9-16)14(18)19/h4-5,8,12H,1-3,6-7,9,16H2,(H,18,19). The summed E-state index contributed by atoms with van der Waals surface area (Å²) in [5, 5.41) is 9.22. The third-order valence-corrected chi connectivity index (χ3v) is 3.60. The maximum absolute atomic E-state index is 13.4. The van der Waals surface area contributed by atoms with Gasteiger partial charge in [0.1, 0.15) is 5.82 Å². The van der Waals surface area contributed by atoms with Gasteiger partial charge in [-0.2, -0.15) is 0 Å². The van der Waals surface area contributed by atoms with Crippen LogP contribution in [0.2, 0.25) is 0 Å². The van der Waals surface area contributed by atoms with Gasteiger partial charge in [0.15, 0.2) is 0 Å². The summed E-state index contributed by atoms with van der Waals surface area (Å²) in [5.41, 5.74) is 6.82. The van der Waals surface area contributed by atoms with Crippen molar-refractivity contribution in [1.29, 1.82) is 0 Å². The number of hydrogen-bond donors (Lipinski definition) is 2. The van der Waals surface area contributed by atoms with E-state index in [9.17, 15) is 14.3 Å². The lowest BCUT2D eigenvalue weighted by atomic mass is 9.95. The molecule has 1 saturated heterocycles. The first-order valence-electron chi connectivity index (χ1n) is 6.60. The summed E-state index contributed by atoms with van der Waals surface area (Å²) in [7, 11) is 0. The molecule has 0 spiro atoms. The maximum Gasteiger partial charge on any atom is 0.312 e. The van der Waals surface area contributed by atoms with E-state index in [2.05, 4.69) is 4.90 Å². The first-order chi connectivity index (χ1) is 9.13. The van der Waals surface area contributed by atoms with E-state index in [4.69, 9.17) is 5.73 Å². The van der Waals surface area contributed by atoms with Crippen molar-refractivity contribution in [3.05, 3.63) is 29.6 Å². The van der Waals surface area contributed by atoms with E-state index in [1.165, 1.54) is 18.6 Å². The zero-order chi connectivity index (χ0) is 13.8. The van der Waals surface area contributed by atoms with Crippen LogP contribution in [-0.2, 0) is 4.79 Å². The molecule has 0 bridgehead atoms. The molecule has 0 aromatic heterocycles. The van der Waals surface area contributed by atoms with Gasteiger partial charge in [0.25, 0.3) is 0 Å². The van der Waals surface area contributed by atoms with Crippen LogP contribution < -0.4 is 10.6 Å². The number of rotatable bonds is 4. The lowest BCUT2D eigenvalue weighted by Gasteiger charge is -2.31. The Balaban J connectivity index is 2.39. The molecule has 1 atom stereocenters. The second-order valence-corrected chi connectivity index (χ2v) is 4.88. The first-order valence-corrected chi connectivity index (χ1v) is 6.60. The van der Waals surface area contributed by atoms with E-state index in [1.54, 1.807) is 6.07 Å². The number of aliphatic carboxylic acids is 1. The van der Waals surface area contributed by atoms with E-state index in [0.29, 0.717) is 5.56 Å². The van der Waals surface area contributed by atoms with Crippen molar-refractivity contribution < 1.29 is 14.3 Å². The second-order valence-electron chi connectivity index (χ2n) is 4.88. The Hall–Kier alpha value is -1.62. The molecule has 1 unspecified atom stereocenters. The molecular weight excluding hydrogens is 247 g/mol. The number of nitrogens with two attached hydrogens (primary N) is 1. The molecule has 1 aromatic rings. The minimum absolute atomic E-state index is 0.0281. The fraction of sp³-hybridized carbons (Fsp3) is 0.500. The molecule has 4 nitrogen and oxygen atoms in total. The molecule has 104 valence electrons. The van der Waals surface area contributed by atoms with Crippen LogP contribution in [0.5, 0.6) is 0 Å². The van der Waals surface area contributed by atoms with Gasteiger partial charge in [-0.1, -0.05) is 0 Å². The molecule has 19 heavy (non-hydrogen) atoms. The average molecular weight is 266 g/mol. The van der Waals surface area contributed by atoms with Crippen LogP contribution in [0.1, 0.15) is 30.7 Å². The highest BCUT2D eigenvalue weighted by molar-refractivity contribution is 5.79. The molecule has 0 amide bonds. The number of benzene rings is 1. The van der Waals surface area contributed by atoms with Gasteiger partial charge in [0, 0.05) is 25.3 Å². The highest BCUT2D eigenvalue weighted by Crippen LogP contribution is 2.30. The molecule has 5 heteroatoms. The molecule has 1 fully saturated rings. The van der Waals surface area contributed by atoms with Crippen LogP contribution in [-0.4, -0.2) is 30.7 Å². The Morgan fingerprint density at radius 3 is 2.63 bits per heavy atom. The van der Waals surface area contributed by atoms with E-state index >= 15 is 0 Å². The van der Waals surface area contributed by atoms with Crippen molar-refractivity contribution >= 4 is 11.7 Å². The molecule has 0 radical (unpaired) electrons. The van der Waals surface area contributed by atoms with Gasteiger partial charge in [-0.05, 0) is 43.0 Å². The summed E-state index contributed by atoms with van der Waals surface area (Å²) in [5.74, 6) is -2.28. The van der Waals surface area contributed by atoms with Crippen molar-refractivity contribution in [2.45, 2.75) is 25.2 Å². The normalized spacial score (nSPS) is 17.3. The van der Waals surface area contributed by atoms with Crippen LogP contribution >= 0.6 is 0 Å². The van der Waals surface area contributed by atoms with Crippen molar-refractivity contribution in [3.63, 3.8) is 0 Å². The molecule has 3 N–H and O–H groups in total. The van der Waals surface area contributed by atoms with Crippen molar-refractivity contribution in [2.24, 2.45) is 5.73 Å². The van der Waals surface area contributed by atoms with Crippen LogP contribution in [0.25, 0.3) is 0 Å². The lowest BCUT2D eigenvalue weighted by molar-refractivity contribution is -0.138. The minimum atomic E-state index is -1.01. The maximum atomic E-state index is 13.4. The summed E-state index contributed by atoms with van der Waals surface area (Å²) in [6.07, 6.45) is 3.35. The zero-order valence-corrected chi connectivity index (χ0v) is 10.8. The predicted octanol–water partition coefficient (Wildman–Crippen LogP) is 1.94. The van der Waals surface area contributed by atoms with Gasteiger partial charge in [0.05, 0.1) is 5.92 Å². The topological polar surface area (TPSA) is 66.6 Å². The summed E-state index contributed by atoms with van der Waals surface area (Å²) in [4.78, 5) is 13.4. The van der Waals surface area contributed by atoms with Gasteiger partial charge in [0.2, 0.25) is 0 Å². The molecule has 1 heterocycles. The van der Waals surface area contributed by atoms with E-state index < -0.39 is 17.7 Å². The predicted molar refractivity (Wildman–Crippen MR) is 71.9 cm³/mol. The SMILES string of the molecule is NCC(C(=O)O)c1cc(F)ccc1N1CCCCC1. The van der Waals surface area contributed by atoms with Gasteiger partial charge < -0.3 is 15.7 Å². The molecule has 0 saturated carbocycles. The number of carboxylic acids is 1. The van der Waals surface area contributed by atoms with Gasteiger partial charge in [-0.3, -0.25) is 4.79 Å². The van der Waals surface area contributed by atoms with E-state index in [1.807, 2.05) is 0 Å². The molecule has 1 aromatic carbocycles. The zero-order valence-electron chi connectivity index (χ0n) is 10.8. The third kappa shape index (κ3) is 3.04. The van der Waals surface area contributed by atoms with Gasteiger partial charge in [-0.15, -0.1) is 0 Å². The number of halogens is 1. The van der Waals surface area contributed by atoms with Gasteiger partial charge in [-0.25, -0.2) is 4.39 Å². The number of nitrogens with zero attached hydrogens (tertiary/aromatic N) is 1. The lowest BCUT2D eigenvalue weighted by Crippen LogP contribution is -2.32. The minimum Gasteiger partial charge on any atom is -0.481 e. The van der Waals surface area contributed by atoms with Crippen LogP contribution in [0.3, 0.4) is 0 Å². The largest absolute Gasteiger partial charge is 0.481 e. The highest BCUT2D eigenvalue weighted by Gasteiger charge is 2.24. The summed E-state index contributed by atoms with van der Waals surface area (Å²) >= 11 is 0. The first kappa shape index (κ1) is 13.8. The quantitative estimate of drug-likeness (QED) is 0.874. The van der Waals surface area contributed by atoms with Crippen LogP contribution in [0, 0.1) is 5.82 Å². The van der Waals surface area contributed by atoms with Crippen LogP contribution in [0.4, 0.5) is 10.1 Å². The fourth-order valence-electron chi connectivity index (χ4n) is 2.59. The van der Waals surface area contributed by atoms with E-state index in [-0.39, 0.29) is 6.54 Å². The van der Waals surface area contributed by atoms with Crippen molar-refractivity contribution in [2.75, 3.05) is 24.5 Å². The van der Waals surface area contributed by atoms with Crippen molar-refractivity contribution in [3.8, 4) is 0 Å². The number of anilines is 1. The number of hydrogen-bond acceptors (Lipinski definition) is 3. The Labute approximate surface area is 112 Å². The summed E-state index contributed by atoms with van der Waals surface area (Å²) in [6, 6.07) is 4.35. The summed E-state index contributed by atoms with van der Waals surface area (Å²) < 4.78 is 13.4. The summed E-state index contributed by atoms with van der Waals surface area (Å²) in [6.45, 7) is 1.74. The van der Waals surface area contributed by atoms with Crippen molar-refractivity contribution in [1.82, 2.24) is 0 Å². The molecule has 2 rings (SSSR count). The fourth-order valence-corrected chi connectivity index (χ4v) is 2.59. The number of carboxylic acid groups (broad SMARTS) is 1. The molecule has 0 aliphatic carbocycles. The third-order valence-electron chi connectivity index (χ3n) is 3.60. The Morgan fingerprint density at radius 2 is 2.05 bits per heavy atom. The number of piperidine rings is 1. The molecule has 1 aliphatic rings. The average Bonchev–Trinajstić information content (AvgIpc) is 2.40. The molecular formula is C14H19FN2O2. The Bertz CT molecular complexity index is 459.